The summed E-state index contributed by atoms with van der Waals surface area (Å²) in [6.07, 6.45) is 1.75. The Labute approximate surface area is 177 Å². The summed E-state index contributed by atoms with van der Waals surface area (Å²) < 4.78 is 37.7. The molecule has 2 aromatic rings. The van der Waals surface area contributed by atoms with Crippen LogP contribution in [0.1, 0.15) is 24.0 Å². The molecule has 1 amide bonds. The van der Waals surface area contributed by atoms with Crippen molar-refractivity contribution in [1.29, 1.82) is 0 Å². The van der Waals surface area contributed by atoms with E-state index in [1.807, 2.05) is 25.1 Å². The third-order valence-corrected chi connectivity index (χ3v) is 7.55. The fraction of sp³-hybridized carbons (Fsp3) is 0.409. The SMILES string of the molecule is Cc1ccc(S(=O)(=O)N2CCC(C(=O)NCCc3ccc4c(c3)OCO4)CC2)cc1. The first-order valence-corrected chi connectivity index (χ1v) is 11.6. The van der Waals surface area contributed by atoms with E-state index in [0.29, 0.717) is 43.8 Å². The van der Waals surface area contributed by atoms with E-state index in [1.165, 1.54) is 4.31 Å². The number of nitrogens with zero attached hydrogens (tertiary/aromatic N) is 1. The van der Waals surface area contributed by atoms with Gasteiger partial charge in [-0.3, -0.25) is 4.79 Å². The van der Waals surface area contributed by atoms with Gasteiger partial charge < -0.3 is 14.8 Å². The fourth-order valence-corrected chi connectivity index (χ4v) is 5.26. The maximum absolute atomic E-state index is 12.8. The van der Waals surface area contributed by atoms with Crippen molar-refractivity contribution in [3.05, 3.63) is 53.6 Å². The van der Waals surface area contributed by atoms with Gasteiger partial charge >= 0.3 is 0 Å². The Kier molecular flexibility index (Phi) is 5.97. The highest BCUT2D eigenvalue weighted by Gasteiger charge is 2.31. The van der Waals surface area contributed by atoms with E-state index >= 15 is 0 Å². The molecule has 0 saturated carbocycles. The molecule has 1 saturated heterocycles. The molecule has 30 heavy (non-hydrogen) atoms. The molecule has 8 heteroatoms. The first kappa shape index (κ1) is 20.7. The highest BCUT2D eigenvalue weighted by molar-refractivity contribution is 7.89. The minimum absolute atomic E-state index is 0.0110. The van der Waals surface area contributed by atoms with Gasteiger partial charge in [0.25, 0.3) is 0 Å². The van der Waals surface area contributed by atoms with Crippen molar-refractivity contribution in [2.75, 3.05) is 26.4 Å². The Morgan fingerprint density at radius 2 is 1.77 bits per heavy atom. The molecule has 1 N–H and O–H groups in total. The number of carbonyl (C=O) groups excluding carboxylic acids is 1. The number of rotatable bonds is 6. The Balaban J connectivity index is 1.25. The number of piperidine rings is 1. The average Bonchev–Trinajstić information content (AvgIpc) is 3.22. The molecule has 2 aliphatic heterocycles. The van der Waals surface area contributed by atoms with E-state index < -0.39 is 10.0 Å². The maximum atomic E-state index is 12.8. The number of nitrogens with one attached hydrogen (secondary N) is 1. The highest BCUT2D eigenvalue weighted by atomic mass is 32.2. The first-order chi connectivity index (χ1) is 14.4. The van der Waals surface area contributed by atoms with Gasteiger partial charge in [-0.05, 0) is 56.0 Å². The van der Waals surface area contributed by atoms with Gasteiger partial charge in [-0.25, -0.2) is 8.42 Å². The monoisotopic (exact) mass is 430 g/mol. The summed E-state index contributed by atoms with van der Waals surface area (Å²) in [6.45, 7) is 3.41. The lowest BCUT2D eigenvalue weighted by Crippen LogP contribution is -2.43. The van der Waals surface area contributed by atoms with Crippen molar-refractivity contribution in [3.63, 3.8) is 0 Å². The van der Waals surface area contributed by atoms with Crippen LogP contribution >= 0.6 is 0 Å². The molecule has 7 nitrogen and oxygen atoms in total. The minimum Gasteiger partial charge on any atom is -0.454 e. The molecule has 0 spiro atoms. The Morgan fingerprint density at radius 1 is 1.07 bits per heavy atom. The standard InChI is InChI=1S/C22H26N2O5S/c1-16-2-5-19(6-3-16)30(26,27)24-12-9-18(10-13-24)22(25)23-11-8-17-4-7-20-21(14-17)29-15-28-20/h2-7,14,18H,8-13,15H2,1H3,(H,23,25). The molecule has 0 bridgehead atoms. The maximum Gasteiger partial charge on any atom is 0.243 e. The van der Waals surface area contributed by atoms with E-state index in [2.05, 4.69) is 5.32 Å². The fourth-order valence-electron chi connectivity index (χ4n) is 3.79. The third-order valence-electron chi connectivity index (χ3n) is 5.63. The number of sulfonamides is 1. The second-order valence-corrected chi connectivity index (χ2v) is 9.66. The van der Waals surface area contributed by atoms with Gasteiger partial charge in [0.1, 0.15) is 0 Å². The van der Waals surface area contributed by atoms with E-state index in [4.69, 9.17) is 9.47 Å². The second kappa shape index (κ2) is 8.65. The lowest BCUT2D eigenvalue weighted by Gasteiger charge is -2.30. The van der Waals surface area contributed by atoms with Crippen LogP contribution in [0.3, 0.4) is 0 Å². The van der Waals surface area contributed by atoms with Gasteiger partial charge in [0.2, 0.25) is 22.7 Å². The van der Waals surface area contributed by atoms with Crippen LogP contribution in [0.2, 0.25) is 0 Å². The van der Waals surface area contributed by atoms with Crippen molar-refractivity contribution in [3.8, 4) is 11.5 Å². The second-order valence-electron chi connectivity index (χ2n) is 7.72. The van der Waals surface area contributed by atoms with Crippen LogP contribution in [0, 0.1) is 12.8 Å². The Bertz CT molecular complexity index is 1010. The van der Waals surface area contributed by atoms with Crippen molar-refractivity contribution in [2.24, 2.45) is 5.92 Å². The van der Waals surface area contributed by atoms with Crippen molar-refractivity contribution in [1.82, 2.24) is 9.62 Å². The van der Waals surface area contributed by atoms with Gasteiger partial charge in [-0.2, -0.15) is 4.31 Å². The number of carbonyl (C=O) groups is 1. The Hall–Kier alpha value is -2.58. The molecule has 0 atom stereocenters. The molecule has 0 unspecified atom stereocenters. The number of aryl methyl sites for hydroxylation is 1. The van der Waals surface area contributed by atoms with Crippen LogP contribution < -0.4 is 14.8 Å². The normalized spacial score (nSPS) is 17.1. The van der Waals surface area contributed by atoms with Crippen molar-refractivity contribution >= 4 is 15.9 Å². The molecule has 160 valence electrons. The van der Waals surface area contributed by atoms with Crippen LogP contribution in [-0.4, -0.2) is 45.1 Å². The molecule has 2 aliphatic rings. The zero-order chi connectivity index (χ0) is 21.1. The van der Waals surface area contributed by atoms with Crippen LogP contribution in [0.5, 0.6) is 11.5 Å². The van der Waals surface area contributed by atoms with Crippen LogP contribution in [0.4, 0.5) is 0 Å². The topological polar surface area (TPSA) is 84.9 Å². The van der Waals surface area contributed by atoms with E-state index in [9.17, 15) is 13.2 Å². The van der Waals surface area contributed by atoms with E-state index in [0.717, 1.165) is 22.6 Å². The lowest BCUT2D eigenvalue weighted by molar-refractivity contribution is -0.126. The summed E-state index contributed by atoms with van der Waals surface area (Å²) in [5.41, 5.74) is 2.09. The summed E-state index contributed by atoms with van der Waals surface area (Å²) in [5, 5.41) is 2.98. The van der Waals surface area contributed by atoms with Crippen molar-refractivity contribution < 1.29 is 22.7 Å². The molecule has 2 aromatic carbocycles. The first-order valence-electron chi connectivity index (χ1n) is 10.2. The largest absolute Gasteiger partial charge is 0.454 e. The van der Waals surface area contributed by atoms with Gasteiger partial charge in [0.05, 0.1) is 4.90 Å². The average molecular weight is 431 g/mol. The molecule has 0 aliphatic carbocycles. The molecular formula is C22H26N2O5S. The summed E-state index contributed by atoms with van der Waals surface area (Å²) in [7, 11) is -3.51. The molecule has 4 rings (SSSR count). The predicted molar refractivity (Wildman–Crippen MR) is 112 cm³/mol. The molecule has 2 heterocycles. The number of ether oxygens (including phenoxy) is 2. The molecular weight excluding hydrogens is 404 g/mol. The third kappa shape index (κ3) is 4.44. The van der Waals surface area contributed by atoms with Gasteiger partial charge in [-0.15, -0.1) is 0 Å². The minimum atomic E-state index is -3.51. The number of benzene rings is 2. The van der Waals surface area contributed by atoms with Gasteiger partial charge in [0, 0.05) is 25.6 Å². The van der Waals surface area contributed by atoms with Crippen LogP contribution in [0.25, 0.3) is 0 Å². The summed E-state index contributed by atoms with van der Waals surface area (Å²) >= 11 is 0. The number of hydrogen-bond acceptors (Lipinski definition) is 5. The van der Waals surface area contributed by atoms with Gasteiger partial charge in [0.15, 0.2) is 11.5 Å². The zero-order valence-electron chi connectivity index (χ0n) is 17.0. The molecule has 0 radical (unpaired) electrons. The Morgan fingerprint density at radius 3 is 2.50 bits per heavy atom. The smallest absolute Gasteiger partial charge is 0.243 e. The zero-order valence-corrected chi connectivity index (χ0v) is 17.8. The van der Waals surface area contributed by atoms with E-state index in [1.54, 1.807) is 24.3 Å². The number of amides is 1. The van der Waals surface area contributed by atoms with Crippen molar-refractivity contribution in [2.45, 2.75) is 31.1 Å². The predicted octanol–water partition coefficient (Wildman–Crippen LogP) is 2.48. The molecule has 1 fully saturated rings. The quantitative estimate of drug-likeness (QED) is 0.761. The summed E-state index contributed by atoms with van der Waals surface area (Å²) in [5.74, 6) is 1.31. The van der Waals surface area contributed by atoms with Crippen LogP contribution in [-0.2, 0) is 21.2 Å². The van der Waals surface area contributed by atoms with Crippen LogP contribution in [0.15, 0.2) is 47.4 Å². The summed E-state index contributed by atoms with van der Waals surface area (Å²) in [4.78, 5) is 12.8. The summed E-state index contributed by atoms with van der Waals surface area (Å²) in [6, 6.07) is 12.7. The molecule has 0 aromatic heterocycles. The number of hydrogen-bond donors (Lipinski definition) is 1. The highest BCUT2D eigenvalue weighted by Crippen LogP contribution is 2.32. The van der Waals surface area contributed by atoms with Gasteiger partial charge in [-0.1, -0.05) is 23.8 Å². The lowest BCUT2D eigenvalue weighted by atomic mass is 9.97. The van der Waals surface area contributed by atoms with E-state index in [-0.39, 0.29) is 18.6 Å². The number of fused-ring (bicyclic) bond motifs is 1.